The molecule has 0 aliphatic carbocycles. The summed E-state index contributed by atoms with van der Waals surface area (Å²) in [6.07, 6.45) is 0. The maximum absolute atomic E-state index is 5.75. The van der Waals surface area contributed by atoms with Crippen LogP contribution in [-0.4, -0.2) is 6.54 Å². The Morgan fingerprint density at radius 1 is 1.00 bits per heavy atom. The van der Waals surface area contributed by atoms with Crippen molar-refractivity contribution in [3.63, 3.8) is 0 Å². The number of halogens is 1. The Hall–Kier alpha value is -1.60. The zero-order chi connectivity index (χ0) is 14.2. The Morgan fingerprint density at radius 2 is 1.75 bits per heavy atom. The van der Waals surface area contributed by atoms with Gasteiger partial charge in [0.15, 0.2) is 0 Å². The second kappa shape index (κ2) is 7.86. The molecule has 0 saturated heterocycles. The van der Waals surface area contributed by atoms with Crippen molar-refractivity contribution in [2.24, 2.45) is 5.73 Å². The van der Waals surface area contributed by atoms with E-state index in [0.717, 1.165) is 21.2 Å². The predicted octanol–water partition coefficient (Wildman–Crippen LogP) is 3.48. The average Bonchev–Trinajstić information content (AvgIpc) is 2.48. The highest BCUT2D eigenvalue weighted by molar-refractivity contribution is 9.10. The molecule has 2 aromatic carbocycles. The van der Waals surface area contributed by atoms with Gasteiger partial charge in [0.25, 0.3) is 0 Å². The van der Waals surface area contributed by atoms with Crippen molar-refractivity contribution < 1.29 is 4.74 Å². The molecule has 0 spiro atoms. The van der Waals surface area contributed by atoms with Crippen molar-refractivity contribution in [3.05, 3.63) is 69.7 Å². The lowest BCUT2D eigenvalue weighted by atomic mass is 10.1. The standard InChI is InChI=1S/C17H16BrNO/c18-17-9-7-14(8-10-17)12-20-13-16-5-2-1-4-15(16)6-3-11-19/h1-2,4-5,7-10H,11-13,19H2. The lowest BCUT2D eigenvalue weighted by molar-refractivity contribution is 0.107. The Labute approximate surface area is 128 Å². The zero-order valence-electron chi connectivity index (χ0n) is 11.1. The van der Waals surface area contributed by atoms with Gasteiger partial charge in [-0.25, -0.2) is 0 Å². The minimum atomic E-state index is 0.369. The molecule has 0 aliphatic heterocycles. The highest BCUT2D eigenvalue weighted by Gasteiger charge is 2.00. The monoisotopic (exact) mass is 329 g/mol. The number of benzene rings is 2. The molecule has 0 heterocycles. The van der Waals surface area contributed by atoms with Crippen LogP contribution in [0.5, 0.6) is 0 Å². The van der Waals surface area contributed by atoms with Crippen LogP contribution in [0.15, 0.2) is 53.0 Å². The predicted molar refractivity (Wildman–Crippen MR) is 85.0 cm³/mol. The number of hydrogen-bond donors (Lipinski definition) is 1. The third kappa shape index (κ3) is 4.50. The van der Waals surface area contributed by atoms with E-state index in [0.29, 0.717) is 19.8 Å². The van der Waals surface area contributed by atoms with Crippen LogP contribution in [0.4, 0.5) is 0 Å². The highest BCUT2D eigenvalue weighted by atomic mass is 79.9. The lowest BCUT2D eigenvalue weighted by Crippen LogP contribution is -1.97. The zero-order valence-corrected chi connectivity index (χ0v) is 12.7. The van der Waals surface area contributed by atoms with E-state index in [2.05, 4.69) is 27.8 Å². The van der Waals surface area contributed by atoms with Crippen LogP contribution in [0, 0.1) is 11.8 Å². The summed E-state index contributed by atoms with van der Waals surface area (Å²) in [6, 6.07) is 16.1. The molecule has 2 N–H and O–H groups in total. The molecule has 20 heavy (non-hydrogen) atoms. The fourth-order valence-corrected chi connectivity index (χ4v) is 2.04. The van der Waals surface area contributed by atoms with E-state index < -0.39 is 0 Å². The number of ether oxygens (including phenoxy) is 1. The second-order valence-electron chi connectivity index (χ2n) is 4.28. The largest absolute Gasteiger partial charge is 0.372 e. The number of rotatable bonds is 4. The van der Waals surface area contributed by atoms with E-state index in [9.17, 15) is 0 Å². The van der Waals surface area contributed by atoms with E-state index in [1.165, 1.54) is 0 Å². The van der Waals surface area contributed by atoms with Gasteiger partial charge < -0.3 is 10.5 Å². The molecule has 2 aromatic rings. The van der Waals surface area contributed by atoms with E-state index in [1.54, 1.807) is 0 Å². The molecule has 0 radical (unpaired) electrons. The first-order chi connectivity index (χ1) is 9.79. The quantitative estimate of drug-likeness (QED) is 0.871. The summed E-state index contributed by atoms with van der Waals surface area (Å²) in [5.74, 6) is 5.94. The first kappa shape index (κ1) is 14.8. The minimum Gasteiger partial charge on any atom is -0.372 e. The van der Waals surface area contributed by atoms with Gasteiger partial charge in [-0.15, -0.1) is 0 Å². The minimum absolute atomic E-state index is 0.369. The van der Waals surface area contributed by atoms with Crippen LogP contribution in [0.2, 0.25) is 0 Å². The van der Waals surface area contributed by atoms with Crippen LogP contribution in [0.25, 0.3) is 0 Å². The smallest absolute Gasteiger partial charge is 0.0733 e. The van der Waals surface area contributed by atoms with Gasteiger partial charge in [-0.2, -0.15) is 0 Å². The molecule has 0 amide bonds. The van der Waals surface area contributed by atoms with Gasteiger partial charge in [-0.05, 0) is 29.3 Å². The van der Waals surface area contributed by atoms with Crippen LogP contribution >= 0.6 is 15.9 Å². The van der Waals surface area contributed by atoms with Gasteiger partial charge in [-0.1, -0.05) is 58.1 Å². The van der Waals surface area contributed by atoms with E-state index >= 15 is 0 Å². The van der Waals surface area contributed by atoms with Crippen molar-refractivity contribution in [2.75, 3.05) is 6.54 Å². The molecule has 0 saturated carbocycles. The van der Waals surface area contributed by atoms with Crippen LogP contribution in [0.1, 0.15) is 16.7 Å². The molecule has 102 valence electrons. The first-order valence-electron chi connectivity index (χ1n) is 6.38. The molecule has 0 aliphatic rings. The Balaban J connectivity index is 1.95. The molecule has 2 nitrogen and oxygen atoms in total. The van der Waals surface area contributed by atoms with Gasteiger partial charge in [-0.3, -0.25) is 0 Å². The summed E-state index contributed by atoms with van der Waals surface area (Å²) < 4.78 is 6.82. The third-order valence-electron chi connectivity index (χ3n) is 2.78. The topological polar surface area (TPSA) is 35.2 Å². The van der Waals surface area contributed by atoms with Crippen molar-refractivity contribution >= 4 is 15.9 Å². The summed E-state index contributed by atoms with van der Waals surface area (Å²) in [5.41, 5.74) is 8.63. The van der Waals surface area contributed by atoms with Gasteiger partial charge >= 0.3 is 0 Å². The third-order valence-corrected chi connectivity index (χ3v) is 3.31. The van der Waals surface area contributed by atoms with Crippen molar-refractivity contribution in [2.45, 2.75) is 13.2 Å². The van der Waals surface area contributed by atoms with Crippen molar-refractivity contribution in [1.29, 1.82) is 0 Å². The number of hydrogen-bond acceptors (Lipinski definition) is 2. The first-order valence-corrected chi connectivity index (χ1v) is 7.18. The highest BCUT2D eigenvalue weighted by Crippen LogP contribution is 2.13. The lowest BCUT2D eigenvalue weighted by Gasteiger charge is -2.07. The fourth-order valence-electron chi connectivity index (χ4n) is 1.77. The summed E-state index contributed by atoms with van der Waals surface area (Å²) >= 11 is 3.42. The molecular weight excluding hydrogens is 314 g/mol. The van der Waals surface area contributed by atoms with Gasteiger partial charge in [0.2, 0.25) is 0 Å². The summed E-state index contributed by atoms with van der Waals surface area (Å²) in [6.45, 7) is 1.51. The molecule has 0 aromatic heterocycles. The Morgan fingerprint density at radius 3 is 2.50 bits per heavy atom. The summed E-state index contributed by atoms with van der Waals surface area (Å²) in [4.78, 5) is 0. The molecule has 0 bridgehead atoms. The van der Waals surface area contributed by atoms with E-state index in [4.69, 9.17) is 10.5 Å². The number of nitrogens with two attached hydrogens (primary N) is 1. The Bertz CT molecular complexity index is 611. The molecule has 0 fully saturated rings. The van der Waals surface area contributed by atoms with Crippen LogP contribution < -0.4 is 5.73 Å². The van der Waals surface area contributed by atoms with Crippen LogP contribution in [-0.2, 0) is 18.0 Å². The second-order valence-corrected chi connectivity index (χ2v) is 5.20. The van der Waals surface area contributed by atoms with E-state index in [-0.39, 0.29) is 0 Å². The van der Waals surface area contributed by atoms with Gasteiger partial charge in [0, 0.05) is 10.0 Å². The van der Waals surface area contributed by atoms with Crippen molar-refractivity contribution in [1.82, 2.24) is 0 Å². The maximum Gasteiger partial charge on any atom is 0.0733 e. The molecule has 3 heteroatoms. The van der Waals surface area contributed by atoms with Crippen molar-refractivity contribution in [3.8, 4) is 11.8 Å². The Kier molecular flexibility index (Phi) is 5.82. The molecule has 0 unspecified atom stereocenters. The van der Waals surface area contributed by atoms with Gasteiger partial charge in [0.05, 0.1) is 19.8 Å². The van der Waals surface area contributed by atoms with Crippen LogP contribution in [0.3, 0.4) is 0 Å². The summed E-state index contributed by atoms with van der Waals surface area (Å²) in [5, 5.41) is 0. The van der Waals surface area contributed by atoms with Gasteiger partial charge in [0.1, 0.15) is 0 Å². The molecule has 2 rings (SSSR count). The molecule has 0 atom stereocenters. The maximum atomic E-state index is 5.75. The summed E-state index contributed by atoms with van der Waals surface area (Å²) in [7, 11) is 0. The average molecular weight is 330 g/mol. The SMILES string of the molecule is NCC#Cc1ccccc1COCc1ccc(Br)cc1. The van der Waals surface area contributed by atoms with E-state index in [1.807, 2.05) is 48.5 Å². The fraction of sp³-hybridized carbons (Fsp3) is 0.176. The normalized spacial score (nSPS) is 9.90. The molecular formula is C17H16BrNO.